The van der Waals surface area contributed by atoms with E-state index < -0.39 is 52.6 Å². The second-order valence-electron chi connectivity index (χ2n) is 14.9. The lowest BCUT2D eigenvalue weighted by atomic mass is 9.50. The van der Waals surface area contributed by atoms with Gasteiger partial charge in [-0.05, 0) is 91.3 Å². The van der Waals surface area contributed by atoms with Crippen LogP contribution in [-0.4, -0.2) is 58.9 Å². The van der Waals surface area contributed by atoms with E-state index in [-0.39, 0.29) is 41.5 Å². The lowest BCUT2D eigenvalue weighted by Gasteiger charge is -2.49. The fourth-order valence-electron chi connectivity index (χ4n) is 9.84. The van der Waals surface area contributed by atoms with Gasteiger partial charge in [-0.1, -0.05) is 66.8 Å². The maximum Gasteiger partial charge on any atom is 0.260 e. The van der Waals surface area contributed by atoms with Gasteiger partial charge in [0.25, 0.3) is 11.8 Å². The molecule has 2 saturated carbocycles. The maximum absolute atomic E-state index is 15.2. The molecule has 0 bridgehead atoms. The molecule has 2 aliphatic heterocycles. The first kappa shape index (κ1) is 35.8. The molecule has 3 aromatic rings. The monoisotopic (exact) mass is 753 g/mol. The molecule has 280 valence electrons. The Hall–Kier alpha value is -5.16. The quantitative estimate of drug-likeness (QED) is 0.185. The van der Waals surface area contributed by atoms with Crippen LogP contribution < -0.4 is 14.9 Å². The Labute approximate surface area is 317 Å². The lowest BCUT2D eigenvalue weighted by Crippen LogP contribution is -2.54. The summed E-state index contributed by atoms with van der Waals surface area (Å²) in [4.78, 5) is 60.1. The van der Waals surface area contributed by atoms with Crippen LogP contribution in [0.4, 0.5) is 10.1 Å². The fraction of sp³-hybridized carbons (Fsp3) is 0.381. The average Bonchev–Trinajstić information content (AvgIpc) is 3.56. The summed E-state index contributed by atoms with van der Waals surface area (Å²) in [6, 6.07) is 15.4. The van der Waals surface area contributed by atoms with Gasteiger partial charge in [0.15, 0.2) is 11.5 Å². The molecule has 2 N–H and O–H groups in total. The smallest absolute Gasteiger partial charge is 0.260 e. The molecule has 4 fully saturated rings. The molecule has 10 nitrogen and oxygen atoms in total. The summed E-state index contributed by atoms with van der Waals surface area (Å²) in [6.45, 7) is 0. The molecule has 5 aliphatic rings. The first-order valence-electron chi connectivity index (χ1n) is 18.4. The molecule has 2 saturated heterocycles. The maximum atomic E-state index is 15.2. The van der Waals surface area contributed by atoms with Crippen molar-refractivity contribution in [1.29, 1.82) is 0 Å². The van der Waals surface area contributed by atoms with E-state index in [1.165, 1.54) is 43.4 Å². The first-order valence-corrected chi connectivity index (χ1v) is 18.8. The van der Waals surface area contributed by atoms with Crippen molar-refractivity contribution in [2.24, 2.45) is 29.6 Å². The predicted molar refractivity (Wildman–Crippen MR) is 199 cm³/mol. The number of phenols is 1. The van der Waals surface area contributed by atoms with Gasteiger partial charge in [-0.25, -0.2) is 4.39 Å². The van der Waals surface area contributed by atoms with Crippen LogP contribution in [-0.2, 0) is 24.6 Å². The number of anilines is 1. The Kier molecular flexibility index (Phi) is 9.24. The van der Waals surface area contributed by atoms with E-state index in [0.717, 1.165) is 42.7 Å². The number of aromatic hydroxyl groups is 1. The van der Waals surface area contributed by atoms with Crippen LogP contribution in [0.3, 0.4) is 0 Å². The molecule has 6 atom stereocenters. The zero-order valence-corrected chi connectivity index (χ0v) is 30.7. The van der Waals surface area contributed by atoms with Crippen molar-refractivity contribution < 1.29 is 38.1 Å². The van der Waals surface area contributed by atoms with Crippen LogP contribution in [0.1, 0.15) is 56.1 Å². The van der Waals surface area contributed by atoms with Crippen LogP contribution in [0, 0.1) is 35.4 Å². The number of fused-ring (bicyclic) bond motifs is 4. The van der Waals surface area contributed by atoms with Crippen LogP contribution in [0.5, 0.6) is 17.2 Å². The largest absolute Gasteiger partial charge is 0.502 e. The zero-order valence-electron chi connectivity index (χ0n) is 30.0. The summed E-state index contributed by atoms with van der Waals surface area (Å²) >= 11 is 6.38. The molecule has 0 spiro atoms. The molecule has 0 radical (unpaired) electrons. The topological polar surface area (TPSA) is 125 Å². The van der Waals surface area contributed by atoms with E-state index in [1.54, 1.807) is 42.5 Å². The Morgan fingerprint density at radius 2 is 1.56 bits per heavy atom. The van der Waals surface area contributed by atoms with Gasteiger partial charge in [0.1, 0.15) is 5.82 Å². The number of phenolic OH excluding ortho intramolecular Hbond substituents is 1. The number of carbonyl (C=O) groups is 4. The van der Waals surface area contributed by atoms with E-state index in [1.807, 2.05) is 12.2 Å². The van der Waals surface area contributed by atoms with Crippen molar-refractivity contribution in [2.75, 3.05) is 19.6 Å². The van der Waals surface area contributed by atoms with Crippen LogP contribution in [0.25, 0.3) is 6.08 Å². The van der Waals surface area contributed by atoms with Gasteiger partial charge in [0, 0.05) is 17.0 Å². The molecule has 4 amide bonds. The molecule has 12 heteroatoms. The van der Waals surface area contributed by atoms with Gasteiger partial charge >= 0.3 is 0 Å². The SMILES string of the molecule is COc1cc(C=C[C@H]2C3=CC[C@@H]4C(=O)N(C5CCCCC5)C(=O)[C@@H]4[C@@H]3C[C@H]3C(=O)N(Nc4ccc(F)cc4)C(=O)[C@@]23c2ccc(Cl)cc2)cc(OC)c1O. The normalized spacial score (nSPS) is 28.2. The average molecular weight is 754 g/mol. The number of likely N-dealkylation sites (tertiary alicyclic amines) is 1. The second kappa shape index (κ2) is 13.9. The number of nitrogens with zero attached hydrogens (tertiary/aromatic N) is 2. The number of nitrogens with one attached hydrogen (secondary N) is 1. The predicted octanol–water partition coefficient (Wildman–Crippen LogP) is 7.07. The summed E-state index contributed by atoms with van der Waals surface area (Å²) in [5.74, 6) is -5.07. The van der Waals surface area contributed by atoms with Crippen molar-refractivity contribution in [3.63, 3.8) is 0 Å². The van der Waals surface area contributed by atoms with Crippen molar-refractivity contribution >= 4 is 47.0 Å². The summed E-state index contributed by atoms with van der Waals surface area (Å²) in [7, 11) is 2.86. The van der Waals surface area contributed by atoms with Gasteiger partial charge in [-0.3, -0.25) is 29.5 Å². The Bertz CT molecular complexity index is 2050. The van der Waals surface area contributed by atoms with Gasteiger partial charge in [0.2, 0.25) is 17.6 Å². The highest BCUT2D eigenvalue weighted by Gasteiger charge is 2.69. The number of hydrazine groups is 1. The number of methoxy groups -OCH3 is 2. The number of rotatable bonds is 8. The highest BCUT2D eigenvalue weighted by Crippen LogP contribution is 2.62. The third-order valence-corrected chi connectivity index (χ3v) is 12.5. The van der Waals surface area contributed by atoms with Crippen LogP contribution in [0.2, 0.25) is 5.02 Å². The number of hydrogen-bond acceptors (Lipinski definition) is 8. The lowest BCUT2D eigenvalue weighted by molar-refractivity contribution is -0.144. The molecule has 3 aliphatic carbocycles. The Morgan fingerprint density at radius 1 is 0.889 bits per heavy atom. The number of allylic oxidation sites excluding steroid dienone is 3. The van der Waals surface area contributed by atoms with E-state index >= 15 is 4.79 Å². The molecular formula is C42H41ClFN3O7. The zero-order chi connectivity index (χ0) is 37.9. The number of imide groups is 2. The highest BCUT2D eigenvalue weighted by atomic mass is 35.5. The minimum atomic E-state index is -1.50. The number of halogens is 2. The van der Waals surface area contributed by atoms with E-state index in [0.29, 0.717) is 28.3 Å². The highest BCUT2D eigenvalue weighted by molar-refractivity contribution is 6.30. The Morgan fingerprint density at radius 3 is 2.20 bits per heavy atom. The summed E-state index contributed by atoms with van der Waals surface area (Å²) in [5.41, 5.74) is 3.77. The van der Waals surface area contributed by atoms with Gasteiger partial charge in [0.05, 0.1) is 43.1 Å². The van der Waals surface area contributed by atoms with Crippen molar-refractivity contribution in [3.8, 4) is 17.2 Å². The molecule has 54 heavy (non-hydrogen) atoms. The van der Waals surface area contributed by atoms with E-state index in [4.69, 9.17) is 21.1 Å². The number of carbonyl (C=O) groups excluding carboxylic acids is 4. The van der Waals surface area contributed by atoms with Crippen LogP contribution >= 0.6 is 11.6 Å². The second-order valence-corrected chi connectivity index (χ2v) is 15.3. The summed E-state index contributed by atoms with van der Waals surface area (Å²) in [6.07, 6.45) is 10.7. The number of hydrogen-bond donors (Lipinski definition) is 2. The molecule has 8 rings (SSSR count). The molecule has 0 aromatic heterocycles. The van der Waals surface area contributed by atoms with E-state index in [2.05, 4.69) is 5.43 Å². The summed E-state index contributed by atoms with van der Waals surface area (Å²) in [5, 5.41) is 12.1. The first-order chi connectivity index (χ1) is 26.1. The standard InChI is InChI=1S/C42H41ClFN3O7/c1-53-34-20-23(21-35(54-2)37(34)48)8-19-32-29-17-18-30-36(40(51)46(38(30)49)28-6-4-3-5-7-28)31(29)22-33-39(50)47(45-27-15-13-26(44)14-16-27)41(52)42(32,33)24-9-11-25(43)12-10-24/h8-17,19-21,28,30-33,36,45,48H,3-7,18,22H2,1-2H3/t30-,31+,32-,33-,36-,42-/m0/s1. The minimum Gasteiger partial charge on any atom is -0.502 e. The Balaban J connectivity index is 1.30. The summed E-state index contributed by atoms with van der Waals surface area (Å²) < 4.78 is 24.7. The minimum absolute atomic E-state index is 0.134. The molecule has 0 unspecified atom stereocenters. The van der Waals surface area contributed by atoms with Gasteiger partial charge in [-0.15, -0.1) is 0 Å². The van der Waals surface area contributed by atoms with Gasteiger partial charge in [-0.2, -0.15) is 5.01 Å². The number of ether oxygens (including phenoxy) is 2. The van der Waals surface area contributed by atoms with Crippen molar-refractivity contribution in [1.82, 2.24) is 9.91 Å². The van der Waals surface area contributed by atoms with E-state index in [9.17, 15) is 23.9 Å². The van der Waals surface area contributed by atoms with Crippen molar-refractivity contribution in [3.05, 3.63) is 100 Å². The van der Waals surface area contributed by atoms with Crippen LogP contribution in [0.15, 0.2) is 78.4 Å². The fourth-order valence-corrected chi connectivity index (χ4v) is 9.97. The third-order valence-electron chi connectivity index (χ3n) is 12.3. The van der Waals surface area contributed by atoms with Crippen molar-refractivity contribution in [2.45, 2.75) is 56.4 Å². The molecule has 3 aromatic carbocycles. The van der Waals surface area contributed by atoms with Gasteiger partial charge < -0.3 is 14.6 Å². The third kappa shape index (κ3) is 5.58. The molecule has 2 heterocycles. The number of amides is 4. The molecular weight excluding hydrogens is 713 g/mol. The number of benzene rings is 3.